The molecule has 1 fully saturated rings. The Balaban J connectivity index is 1.55. The van der Waals surface area contributed by atoms with E-state index < -0.39 is 0 Å². The lowest BCUT2D eigenvalue weighted by molar-refractivity contribution is -0.143. The number of carbonyl (C=O) groups excluding carboxylic acids is 2. The minimum atomic E-state index is -0.191. The summed E-state index contributed by atoms with van der Waals surface area (Å²) in [5, 5.41) is 1.07. The molecule has 2 aromatic rings. The first kappa shape index (κ1) is 28.7. The van der Waals surface area contributed by atoms with E-state index in [0.29, 0.717) is 51.0 Å². The van der Waals surface area contributed by atoms with Gasteiger partial charge < -0.3 is 9.64 Å². The van der Waals surface area contributed by atoms with Crippen LogP contribution in [0.15, 0.2) is 45.1 Å². The van der Waals surface area contributed by atoms with E-state index in [2.05, 4.69) is 24.0 Å². The SMILES string of the molecule is CCOC(=O)CCCCCN1C(=O)C(=c2sc(=CC=C3Sc4ccccc4N3CC)c(=O)n2CC)SC1=S. The van der Waals surface area contributed by atoms with Gasteiger partial charge in [-0.15, -0.1) is 11.3 Å². The Kier molecular flexibility index (Phi) is 9.91. The minimum Gasteiger partial charge on any atom is -0.466 e. The van der Waals surface area contributed by atoms with E-state index in [-0.39, 0.29) is 17.4 Å². The molecule has 11 heteroatoms. The van der Waals surface area contributed by atoms with Crippen LogP contribution < -0.4 is 19.7 Å². The number of anilines is 1. The number of rotatable bonds is 10. The van der Waals surface area contributed by atoms with Gasteiger partial charge in [-0.2, -0.15) is 0 Å². The number of carbonyl (C=O) groups is 2. The summed E-state index contributed by atoms with van der Waals surface area (Å²) >= 11 is 9.81. The molecule has 1 aromatic carbocycles. The van der Waals surface area contributed by atoms with Crippen LogP contribution in [-0.2, 0) is 20.9 Å². The number of benzene rings is 1. The molecule has 1 amide bonds. The number of esters is 1. The number of thiocarbonyl (C=S) groups is 1. The molecule has 0 bridgehead atoms. The minimum absolute atomic E-state index is 0.0999. The van der Waals surface area contributed by atoms with Crippen molar-refractivity contribution in [2.75, 3.05) is 24.6 Å². The summed E-state index contributed by atoms with van der Waals surface area (Å²) in [6, 6.07) is 8.27. The van der Waals surface area contributed by atoms with Gasteiger partial charge in [0.1, 0.15) is 13.9 Å². The molecule has 38 heavy (non-hydrogen) atoms. The van der Waals surface area contributed by atoms with Crippen LogP contribution in [-0.4, -0.2) is 45.4 Å². The van der Waals surface area contributed by atoms with Crippen LogP contribution >= 0.6 is 47.1 Å². The van der Waals surface area contributed by atoms with Gasteiger partial charge in [0.05, 0.1) is 21.9 Å². The maximum Gasteiger partial charge on any atom is 0.305 e. The van der Waals surface area contributed by atoms with Crippen molar-refractivity contribution in [1.29, 1.82) is 0 Å². The van der Waals surface area contributed by atoms with E-state index in [1.54, 1.807) is 28.2 Å². The van der Waals surface area contributed by atoms with Gasteiger partial charge in [-0.25, -0.2) is 0 Å². The normalized spacial score (nSPS) is 18.2. The van der Waals surface area contributed by atoms with Gasteiger partial charge in [-0.1, -0.05) is 54.3 Å². The molecular formula is C27H31N3O4S4. The van der Waals surface area contributed by atoms with Gasteiger partial charge in [-0.05, 0) is 57.9 Å². The first-order valence-electron chi connectivity index (χ1n) is 12.8. The van der Waals surface area contributed by atoms with Crippen LogP contribution in [0.1, 0.15) is 46.5 Å². The van der Waals surface area contributed by atoms with Gasteiger partial charge >= 0.3 is 5.97 Å². The van der Waals surface area contributed by atoms with Crippen molar-refractivity contribution in [1.82, 2.24) is 9.47 Å². The molecule has 2 aliphatic heterocycles. The Morgan fingerprint density at radius 3 is 2.53 bits per heavy atom. The number of hydrogen-bond acceptors (Lipinski definition) is 9. The zero-order valence-corrected chi connectivity index (χ0v) is 25.0. The number of nitrogens with zero attached hydrogens (tertiary/aromatic N) is 3. The van der Waals surface area contributed by atoms with E-state index in [1.165, 1.54) is 33.7 Å². The number of para-hydroxylation sites is 1. The molecule has 1 aromatic heterocycles. The number of thioether (sulfide) groups is 2. The first-order valence-corrected chi connectivity index (χ1v) is 15.6. The maximum absolute atomic E-state index is 13.3. The Morgan fingerprint density at radius 2 is 1.79 bits per heavy atom. The second-order valence-electron chi connectivity index (χ2n) is 8.58. The predicted molar refractivity (Wildman–Crippen MR) is 162 cm³/mol. The van der Waals surface area contributed by atoms with Crippen LogP contribution in [0.3, 0.4) is 0 Å². The predicted octanol–water partition coefficient (Wildman–Crippen LogP) is 4.28. The summed E-state index contributed by atoms with van der Waals surface area (Å²) in [5.74, 6) is -0.346. The average molecular weight is 590 g/mol. The van der Waals surface area contributed by atoms with E-state index in [4.69, 9.17) is 17.0 Å². The quantitative estimate of drug-likeness (QED) is 0.231. The van der Waals surface area contributed by atoms with Crippen LogP contribution in [0.25, 0.3) is 11.0 Å². The van der Waals surface area contributed by atoms with Crippen molar-refractivity contribution in [3.63, 3.8) is 0 Å². The fraction of sp³-hybridized carbons (Fsp3) is 0.407. The molecule has 2 aliphatic rings. The van der Waals surface area contributed by atoms with Gasteiger partial charge in [0.25, 0.3) is 11.5 Å². The summed E-state index contributed by atoms with van der Waals surface area (Å²) in [4.78, 5) is 43.6. The highest BCUT2D eigenvalue weighted by Crippen LogP contribution is 2.45. The number of hydrogen-bond donors (Lipinski definition) is 0. The third kappa shape index (κ3) is 6.11. The molecule has 0 saturated carbocycles. The summed E-state index contributed by atoms with van der Waals surface area (Å²) in [7, 11) is 0. The third-order valence-electron chi connectivity index (χ3n) is 6.17. The number of ether oxygens (including phenoxy) is 1. The number of fused-ring (bicyclic) bond motifs is 1. The van der Waals surface area contributed by atoms with Gasteiger partial charge in [-0.3, -0.25) is 23.9 Å². The number of amides is 1. The summed E-state index contributed by atoms with van der Waals surface area (Å²) in [6.45, 7) is 7.99. The number of thiazole rings is 1. The molecule has 202 valence electrons. The summed E-state index contributed by atoms with van der Waals surface area (Å²) in [6.07, 6.45) is 6.49. The van der Waals surface area contributed by atoms with Gasteiger partial charge in [0.15, 0.2) is 0 Å². The second-order valence-corrected chi connectivity index (χ2v) is 12.3. The Morgan fingerprint density at radius 1 is 1.00 bits per heavy atom. The fourth-order valence-electron chi connectivity index (χ4n) is 4.31. The molecule has 7 nitrogen and oxygen atoms in total. The van der Waals surface area contributed by atoms with Crippen LogP contribution in [0, 0.1) is 0 Å². The monoisotopic (exact) mass is 589 g/mol. The van der Waals surface area contributed by atoms with Gasteiger partial charge in [0.2, 0.25) is 0 Å². The molecule has 4 rings (SSSR count). The van der Waals surface area contributed by atoms with E-state index in [0.717, 1.165) is 24.4 Å². The van der Waals surface area contributed by atoms with Crippen molar-refractivity contribution in [2.24, 2.45) is 0 Å². The molecule has 0 aliphatic carbocycles. The Labute approximate surface area is 240 Å². The zero-order valence-electron chi connectivity index (χ0n) is 21.7. The van der Waals surface area contributed by atoms with Crippen molar-refractivity contribution >= 4 is 79.9 Å². The highest BCUT2D eigenvalue weighted by atomic mass is 32.2. The molecule has 0 N–H and O–H groups in total. The molecule has 3 heterocycles. The second kappa shape index (κ2) is 13.1. The van der Waals surface area contributed by atoms with Crippen LogP contribution in [0.2, 0.25) is 0 Å². The molecule has 0 spiro atoms. The van der Waals surface area contributed by atoms with Crippen molar-refractivity contribution in [3.8, 4) is 0 Å². The average Bonchev–Trinajstić information content (AvgIpc) is 3.52. The topological polar surface area (TPSA) is 71.8 Å². The number of unbranched alkanes of at least 4 members (excludes halogenated alkanes) is 2. The molecule has 0 atom stereocenters. The largest absolute Gasteiger partial charge is 0.466 e. The highest BCUT2D eigenvalue weighted by Gasteiger charge is 2.33. The maximum atomic E-state index is 13.3. The number of aromatic nitrogens is 1. The van der Waals surface area contributed by atoms with Gasteiger partial charge in [0, 0.05) is 31.0 Å². The lowest BCUT2D eigenvalue weighted by Gasteiger charge is -2.17. The summed E-state index contributed by atoms with van der Waals surface area (Å²) < 4.78 is 8.36. The first-order chi connectivity index (χ1) is 18.4. The lowest BCUT2D eigenvalue weighted by Crippen LogP contribution is -2.33. The molecule has 0 unspecified atom stereocenters. The van der Waals surface area contributed by atoms with Crippen molar-refractivity contribution in [3.05, 3.63) is 54.9 Å². The lowest BCUT2D eigenvalue weighted by atomic mass is 10.2. The Hall–Kier alpha value is -2.34. The van der Waals surface area contributed by atoms with Crippen molar-refractivity contribution in [2.45, 2.75) is 57.9 Å². The van der Waals surface area contributed by atoms with Crippen LogP contribution in [0.4, 0.5) is 5.69 Å². The van der Waals surface area contributed by atoms with E-state index in [1.807, 2.05) is 31.2 Å². The summed E-state index contributed by atoms with van der Waals surface area (Å²) in [5.41, 5.74) is 1.08. The van der Waals surface area contributed by atoms with Crippen molar-refractivity contribution < 1.29 is 14.3 Å². The van der Waals surface area contributed by atoms with E-state index >= 15 is 0 Å². The molecule has 0 radical (unpaired) electrons. The molecule has 1 saturated heterocycles. The Bertz CT molecular complexity index is 1440. The van der Waals surface area contributed by atoms with E-state index in [9.17, 15) is 14.4 Å². The molecular weight excluding hydrogens is 559 g/mol. The highest BCUT2D eigenvalue weighted by molar-refractivity contribution is 8.30. The third-order valence-corrected chi connectivity index (χ3v) is 10.0. The standard InChI is InChI=1S/C27H31N3O4S4/c1-4-28-18-12-9-10-13-19(18)36-21(28)16-15-20-24(32)29(5-2)26(37-20)23-25(33)30(27(35)38-23)17-11-7-8-14-22(31)34-6-3/h9-10,12-13,15-16H,4-8,11,14,17H2,1-3H3. The van der Waals surface area contributed by atoms with Crippen LogP contribution in [0.5, 0.6) is 0 Å². The zero-order chi connectivity index (χ0) is 27.2. The number of allylic oxidation sites excluding steroid dienone is 1. The fourth-order valence-corrected chi connectivity index (χ4v) is 8.01. The smallest absolute Gasteiger partial charge is 0.305 e.